The fourth-order valence-electron chi connectivity index (χ4n) is 4.20. The summed E-state index contributed by atoms with van der Waals surface area (Å²) in [5, 5.41) is 8.94. The Balaban J connectivity index is 1.74. The van der Waals surface area contributed by atoms with E-state index < -0.39 is 0 Å². The first kappa shape index (κ1) is 21.9. The second kappa shape index (κ2) is 8.76. The average Bonchev–Trinajstić information content (AvgIpc) is 3.30. The van der Waals surface area contributed by atoms with E-state index in [1.54, 1.807) is 15.4 Å². The summed E-state index contributed by atoms with van der Waals surface area (Å²) in [5.41, 5.74) is 8.99. The minimum atomic E-state index is -0.385. The van der Waals surface area contributed by atoms with Gasteiger partial charge in [0.05, 0.1) is 24.2 Å². The first-order valence-corrected chi connectivity index (χ1v) is 11.0. The van der Waals surface area contributed by atoms with Crippen molar-refractivity contribution in [1.82, 2.24) is 24.3 Å². The molecule has 0 amide bonds. The van der Waals surface area contributed by atoms with Crippen LogP contribution in [-0.2, 0) is 7.05 Å². The summed E-state index contributed by atoms with van der Waals surface area (Å²) in [6.45, 7) is 9.35. The topological polar surface area (TPSA) is 108 Å². The number of nitrogens with zero attached hydrogens (tertiary/aromatic N) is 6. The van der Waals surface area contributed by atoms with Gasteiger partial charge in [0.1, 0.15) is 5.82 Å². The van der Waals surface area contributed by atoms with Gasteiger partial charge in [-0.05, 0) is 36.1 Å². The van der Waals surface area contributed by atoms with Gasteiger partial charge < -0.3 is 11.1 Å². The maximum absolute atomic E-state index is 14.1. The zero-order valence-electron chi connectivity index (χ0n) is 19.2. The molecule has 0 aliphatic heterocycles. The Bertz CT molecular complexity index is 1650. The Morgan fingerprint density at radius 3 is 2.63 bits per heavy atom. The maximum Gasteiger partial charge on any atom is 0.263 e. The van der Waals surface area contributed by atoms with Crippen LogP contribution in [0.25, 0.3) is 32.4 Å². The molecule has 3 aromatic heterocycles. The van der Waals surface area contributed by atoms with Crippen molar-refractivity contribution in [3.05, 3.63) is 101 Å². The molecule has 35 heavy (non-hydrogen) atoms. The smallest absolute Gasteiger partial charge is 0.263 e. The lowest BCUT2D eigenvalue weighted by Gasteiger charge is -2.22. The number of rotatable bonds is 5. The molecule has 0 radical (unpaired) electrons. The summed E-state index contributed by atoms with van der Waals surface area (Å²) in [6.07, 6.45) is 5.03. The lowest BCUT2D eigenvalue weighted by Crippen LogP contribution is -2.26. The minimum absolute atomic E-state index is 0.0622. The van der Waals surface area contributed by atoms with Gasteiger partial charge >= 0.3 is 0 Å². The summed E-state index contributed by atoms with van der Waals surface area (Å²) in [6, 6.07) is 16.9. The van der Waals surface area contributed by atoms with Crippen molar-refractivity contribution in [2.45, 2.75) is 13.0 Å². The zero-order valence-corrected chi connectivity index (χ0v) is 19.2. The molecule has 5 rings (SSSR count). The number of hydrogen-bond donors (Lipinski definition) is 2. The molecule has 0 spiro atoms. The second-order valence-corrected chi connectivity index (χ2v) is 8.16. The van der Waals surface area contributed by atoms with E-state index in [1.807, 2.05) is 74.8 Å². The van der Waals surface area contributed by atoms with Crippen LogP contribution in [0.2, 0.25) is 0 Å². The van der Waals surface area contributed by atoms with Crippen LogP contribution in [0, 0.1) is 6.57 Å². The Morgan fingerprint density at radius 1 is 1.11 bits per heavy atom. The highest BCUT2D eigenvalue weighted by Crippen LogP contribution is 2.31. The summed E-state index contributed by atoms with van der Waals surface area (Å²) in [5.74, 6) is 0.378. The summed E-state index contributed by atoms with van der Waals surface area (Å²) < 4.78 is 3.41. The molecule has 0 aliphatic carbocycles. The Labute approximate surface area is 201 Å². The third-order valence-electron chi connectivity index (χ3n) is 5.81. The van der Waals surface area contributed by atoms with Crippen LogP contribution in [-0.4, -0.2) is 24.3 Å². The van der Waals surface area contributed by atoms with Gasteiger partial charge in [0.25, 0.3) is 5.56 Å². The highest BCUT2D eigenvalue weighted by atomic mass is 16.1. The van der Waals surface area contributed by atoms with Crippen LogP contribution in [0.4, 0.5) is 17.5 Å². The Hall–Kier alpha value is -4.97. The van der Waals surface area contributed by atoms with Crippen LogP contribution in [0.15, 0.2) is 78.0 Å². The monoisotopic (exact) mass is 462 g/mol. The lowest BCUT2D eigenvalue weighted by molar-refractivity contribution is 0.768. The lowest BCUT2D eigenvalue weighted by atomic mass is 9.99. The predicted molar refractivity (Wildman–Crippen MR) is 136 cm³/mol. The number of para-hydroxylation sites is 1. The largest absolute Gasteiger partial charge is 0.371 e. The molecule has 0 aliphatic rings. The maximum atomic E-state index is 14.1. The van der Waals surface area contributed by atoms with Gasteiger partial charge in [-0.1, -0.05) is 36.4 Å². The molecule has 0 bridgehead atoms. The van der Waals surface area contributed by atoms with Gasteiger partial charge in [-0.3, -0.25) is 14.0 Å². The molecule has 172 valence electrons. The van der Waals surface area contributed by atoms with E-state index in [1.165, 1.54) is 6.20 Å². The number of pyridine rings is 1. The molecule has 1 atom stereocenters. The molecule has 0 saturated heterocycles. The first-order valence-electron chi connectivity index (χ1n) is 11.0. The van der Waals surface area contributed by atoms with Crippen molar-refractivity contribution in [2.75, 3.05) is 11.1 Å². The van der Waals surface area contributed by atoms with E-state index in [0.29, 0.717) is 16.9 Å². The first-order chi connectivity index (χ1) is 17.0. The van der Waals surface area contributed by atoms with E-state index >= 15 is 0 Å². The molecule has 0 fully saturated rings. The molecule has 0 unspecified atom stereocenters. The van der Waals surface area contributed by atoms with E-state index in [4.69, 9.17) is 12.3 Å². The van der Waals surface area contributed by atoms with Crippen molar-refractivity contribution >= 4 is 28.2 Å². The number of fused-ring (bicyclic) bond motifs is 1. The van der Waals surface area contributed by atoms with Crippen molar-refractivity contribution in [2.24, 2.45) is 7.05 Å². The summed E-state index contributed by atoms with van der Waals surface area (Å²) in [4.78, 5) is 25.7. The fourth-order valence-corrected chi connectivity index (χ4v) is 4.20. The highest BCUT2D eigenvalue weighted by Gasteiger charge is 2.20. The number of nitrogens with two attached hydrogens (primary N) is 1. The van der Waals surface area contributed by atoms with Crippen molar-refractivity contribution in [3.63, 3.8) is 0 Å². The van der Waals surface area contributed by atoms with Crippen molar-refractivity contribution in [3.8, 4) is 16.8 Å². The van der Waals surface area contributed by atoms with E-state index in [0.717, 1.165) is 22.2 Å². The van der Waals surface area contributed by atoms with Crippen molar-refractivity contribution < 1.29 is 0 Å². The molecular weight excluding hydrogens is 440 g/mol. The highest BCUT2D eigenvalue weighted by molar-refractivity contribution is 5.96. The summed E-state index contributed by atoms with van der Waals surface area (Å²) >= 11 is 0. The second-order valence-electron chi connectivity index (χ2n) is 8.16. The van der Waals surface area contributed by atoms with Crippen molar-refractivity contribution in [1.29, 1.82) is 0 Å². The van der Waals surface area contributed by atoms with Gasteiger partial charge in [0, 0.05) is 36.4 Å². The normalized spacial score (nSPS) is 11.8. The standard InChI is InChI=1S/C26H22N8O/c1-16(31-24-21(28-2)14-29-26(27)32-24)22-12-17-8-7-11-20(18-13-30-33(3)15-18)23(17)25(35)34(22)19-9-5-4-6-10-19/h4-16H,1,3H3,(H3,27,29,31,32)/t16-/m0/s1. The number of nitrogens with one attached hydrogen (secondary N) is 1. The van der Waals surface area contributed by atoms with E-state index in [9.17, 15) is 4.79 Å². The quantitative estimate of drug-likeness (QED) is 0.373. The number of benzene rings is 2. The zero-order chi connectivity index (χ0) is 24.5. The molecule has 3 heterocycles. The van der Waals surface area contributed by atoms with E-state index in [2.05, 4.69) is 25.2 Å². The minimum Gasteiger partial charge on any atom is -0.371 e. The van der Waals surface area contributed by atoms with Gasteiger partial charge in [0.15, 0.2) is 0 Å². The van der Waals surface area contributed by atoms with Crippen LogP contribution >= 0.6 is 0 Å². The molecule has 2 aromatic carbocycles. The number of nitrogen functional groups attached to an aromatic ring is 1. The van der Waals surface area contributed by atoms with Crippen LogP contribution in [0.3, 0.4) is 0 Å². The third kappa shape index (κ3) is 3.98. The Morgan fingerprint density at radius 2 is 1.91 bits per heavy atom. The fraction of sp³-hybridized carbons (Fsp3) is 0.115. The summed E-state index contributed by atoms with van der Waals surface area (Å²) in [7, 11) is 1.85. The van der Waals surface area contributed by atoms with Gasteiger partial charge in [-0.2, -0.15) is 5.10 Å². The SMILES string of the molecule is [C-]#[N+]c1cnc(N)nc1N[C@@H](C)c1cc2cccc(-c3cnn(C)c3)c2c(=O)n1-c1ccccc1. The molecule has 3 N–H and O–H groups in total. The predicted octanol–water partition coefficient (Wildman–Crippen LogP) is 4.49. The molecule has 9 nitrogen and oxygen atoms in total. The van der Waals surface area contributed by atoms with Gasteiger partial charge in [0.2, 0.25) is 11.6 Å². The van der Waals surface area contributed by atoms with Crippen LogP contribution < -0.4 is 16.6 Å². The van der Waals surface area contributed by atoms with Crippen LogP contribution in [0.5, 0.6) is 0 Å². The third-order valence-corrected chi connectivity index (χ3v) is 5.81. The molecule has 5 aromatic rings. The van der Waals surface area contributed by atoms with Gasteiger partial charge in [-0.25, -0.2) is 14.8 Å². The molecule has 0 saturated carbocycles. The van der Waals surface area contributed by atoms with E-state index in [-0.39, 0.29) is 23.2 Å². The number of aryl methyl sites for hydroxylation is 1. The Kier molecular flexibility index (Phi) is 5.47. The number of hydrogen-bond acceptors (Lipinski definition) is 6. The average molecular weight is 463 g/mol. The number of anilines is 2. The number of aromatic nitrogens is 5. The molecule has 9 heteroatoms. The molecular formula is C26H22N8O. The van der Waals surface area contributed by atoms with Crippen LogP contribution in [0.1, 0.15) is 18.7 Å². The van der Waals surface area contributed by atoms with Gasteiger partial charge in [-0.15, -0.1) is 0 Å².